The Labute approximate surface area is 123 Å². The molecule has 1 fully saturated rings. The molecule has 1 aliphatic rings. The Morgan fingerprint density at radius 1 is 1.32 bits per heavy atom. The minimum Gasteiger partial charge on any atom is -0.335 e. The number of hydrogen-bond donors (Lipinski definition) is 2. The second-order valence-electron chi connectivity index (χ2n) is 4.99. The van der Waals surface area contributed by atoms with Crippen LogP contribution in [-0.2, 0) is 0 Å². The second kappa shape index (κ2) is 6.49. The molecule has 2 amide bonds. The van der Waals surface area contributed by atoms with E-state index in [1.165, 1.54) is 12.8 Å². The van der Waals surface area contributed by atoms with Gasteiger partial charge in [-0.05, 0) is 37.5 Å². The highest BCUT2D eigenvalue weighted by Gasteiger charge is 2.19. The molecule has 2 N–H and O–H groups in total. The van der Waals surface area contributed by atoms with Gasteiger partial charge in [0.1, 0.15) is 0 Å². The molecule has 5 heteroatoms. The molecule has 1 aliphatic carbocycles. The smallest absolute Gasteiger partial charge is 0.315 e. The molecule has 0 radical (unpaired) electrons. The van der Waals surface area contributed by atoms with Crippen LogP contribution in [0.25, 0.3) is 0 Å². The Kier molecular flexibility index (Phi) is 4.94. The predicted octanol–water partition coefficient (Wildman–Crippen LogP) is 4.30. The third-order valence-corrected chi connectivity index (χ3v) is 4.03. The van der Waals surface area contributed by atoms with Gasteiger partial charge < -0.3 is 10.6 Å². The summed E-state index contributed by atoms with van der Waals surface area (Å²) in [7, 11) is 0. The minimum absolute atomic E-state index is 0.134. The number of carbonyl (C=O) groups is 1. The molecule has 0 heterocycles. The SMILES string of the molecule is C[C@H](NC(=O)NC1CCCC1)c1ccc(Cl)cc1Cl. The first kappa shape index (κ1) is 14.5. The summed E-state index contributed by atoms with van der Waals surface area (Å²) in [5, 5.41) is 7.06. The van der Waals surface area contributed by atoms with Gasteiger partial charge >= 0.3 is 6.03 Å². The third kappa shape index (κ3) is 4.02. The zero-order chi connectivity index (χ0) is 13.8. The number of amides is 2. The van der Waals surface area contributed by atoms with E-state index >= 15 is 0 Å². The van der Waals surface area contributed by atoms with Crippen LogP contribution in [0.15, 0.2) is 18.2 Å². The summed E-state index contributed by atoms with van der Waals surface area (Å²) in [6.07, 6.45) is 4.54. The summed E-state index contributed by atoms with van der Waals surface area (Å²) in [6.45, 7) is 1.91. The Morgan fingerprint density at radius 2 is 2.00 bits per heavy atom. The second-order valence-corrected chi connectivity index (χ2v) is 5.83. The Bertz CT molecular complexity index is 459. The fraction of sp³-hybridized carbons (Fsp3) is 0.500. The van der Waals surface area contributed by atoms with Crippen molar-refractivity contribution in [3.63, 3.8) is 0 Å². The summed E-state index contributed by atoms with van der Waals surface area (Å²) in [5.74, 6) is 0. The number of hydrogen-bond acceptors (Lipinski definition) is 1. The molecule has 0 bridgehead atoms. The zero-order valence-corrected chi connectivity index (χ0v) is 12.4. The largest absolute Gasteiger partial charge is 0.335 e. The van der Waals surface area contributed by atoms with Crippen LogP contribution in [-0.4, -0.2) is 12.1 Å². The minimum atomic E-state index is -0.147. The van der Waals surface area contributed by atoms with Gasteiger partial charge in [-0.2, -0.15) is 0 Å². The lowest BCUT2D eigenvalue weighted by Gasteiger charge is -2.18. The van der Waals surface area contributed by atoms with Crippen molar-refractivity contribution < 1.29 is 4.79 Å². The van der Waals surface area contributed by atoms with Crippen LogP contribution in [0.1, 0.15) is 44.2 Å². The molecular weight excluding hydrogens is 283 g/mol. The first-order valence-electron chi connectivity index (χ1n) is 6.58. The topological polar surface area (TPSA) is 41.1 Å². The average molecular weight is 301 g/mol. The molecule has 0 spiro atoms. The molecular formula is C14H18Cl2N2O. The summed E-state index contributed by atoms with van der Waals surface area (Å²) < 4.78 is 0. The first-order chi connectivity index (χ1) is 9.06. The number of urea groups is 1. The first-order valence-corrected chi connectivity index (χ1v) is 7.34. The van der Waals surface area contributed by atoms with Crippen molar-refractivity contribution in [2.24, 2.45) is 0 Å². The quantitative estimate of drug-likeness (QED) is 0.859. The lowest BCUT2D eigenvalue weighted by molar-refractivity contribution is 0.234. The molecule has 1 aromatic carbocycles. The van der Waals surface area contributed by atoms with E-state index < -0.39 is 0 Å². The van der Waals surface area contributed by atoms with Gasteiger partial charge in [0.15, 0.2) is 0 Å². The monoisotopic (exact) mass is 300 g/mol. The van der Waals surface area contributed by atoms with E-state index in [2.05, 4.69) is 10.6 Å². The van der Waals surface area contributed by atoms with E-state index in [1.807, 2.05) is 13.0 Å². The molecule has 3 nitrogen and oxygen atoms in total. The lowest BCUT2D eigenvalue weighted by atomic mass is 10.1. The molecule has 2 rings (SSSR count). The van der Waals surface area contributed by atoms with E-state index in [4.69, 9.17) is 23.2 Å². The Hall–Kier alpha value is -0.930. The predicted molar refractivity (Wildman–Crippen MR) is 78.8 cm³/mol. The van der Waals surface area contributed by atoms with E-state index in [0.29, 0.717) is 16.1 Å². The van der Waals surface area contributed by atoms with Crippen LogP contribution in [0.2, 0.25) is 10.0 Å². The summed E-state index contributed by atoms with van der Waals surface area (Å²) in [4.78, 5) is 11.9. The molecule has 0 unspecified atom stereocenters. The maximum atomic E-state index is 11.9. The summed E-state index contributed by atoms with van der Waals surface area (Å²) >= 11 is 12.0. The normalized spacial score (nSPS) is 17.2. The van der Waals surface area contributed by atoms with Crippen LogP contribution < -0.4 is 10.6 Å². The fourth-order valence-corrected chi connectivity index (χ4v) is 3.00. The number of benzene rings is 1. The molecule has 104 valence electrons. The number of halogens is 2. The standard InChI is InChI=1S/C14H18Cl2N2O/c1-9(12-7-6-10(15)8-13(12)16)17-14(19)18-11-4-2-3-5-11/h6-9,11H,2-5H2,1H3,(H2,17,18,19)/t9-/m0/s1. The highest BCUT2D eigenvalue weighted by atomic mass is 35.5. The molecule has 0 aromatic heterocycles. The number of carbonyl (C=O) groups excluding carboxylic acids is 1. The lowest BCUT2D eigenvalue weighted by Crippen LogP contribution is -2.41. The highest BCUT2D eigenvalue weighted by Crippen LogP contribution is 2.26. The van der Waals surface area contributed by atoms with Crippen molar-refractivity contribution in [2.45, 2.75) is 44.7 Å². The maximum absolute atomic E-state index is 11.9. The van der Waals surface area contributed by atoms with Gasteiger partial charge in [-0.25, -0.2) is 4.79 Å². The van der Waals surface area contributed by atoms with Gasteiger partial charge in [0.25, 0.3) is 0 Å². The van der Waals surface area contributed by atoms with Gasteiger partial charge in [0.2, 0.25) is 0 Å². The van der Waals surface area contributed by atoms with Gasteiger partial charge in [-0.1, -0.05) is 42.1 Å². The Balaban J connectivity index is 1.92. The Morgan fingerprint density at radius 3 is 2.63 bits per heavy atom. The van der Waals surface area contributed by atoms with Crippen LogP contribution in [0.3, 0.4) is 0 Å². The molecule has 0 saturated heterocycles. The zero-order valence-electron chi connectivity index (χ0n) is 10.9. The molecule has 1 saturated carbocycles. The van der Waals surface area contributed by atoms with Gasteiger partial charge in [-0.15, -0.1) is 0 Å². The van der Waals surface area contributed by atoms with Crippen LogP contribution in [0.4, 0.5) is 4.79 Å². The highest BCUT2D eigenvalue weighted by molar-refractivity contribution is 6.35. The van der Waals surface area contributed by atoms with Crippen LogP contribution in [0.5, 0.6) is 0 Å². The molecule has 1 atom stereocenters. The van der Waals surface area contributed by atoms with E-state index in [1.54, 1.807) is 12.1 Å². The van der Waals surface area contributed by atoms with Gasteiger partial charge in [0, 0.05) is 16.1 Å². The summed E-state index contributed by atoms with van der Waals surface area (Å²) in [6, 6.07) is 5.33. The van der Waals surface area contributed by atoms with E-state index in [9.17, 15) is 4.79 Å². The van der Waals surface area contributed by atoms with Crippen molar-refractivity contribution in [1.82, 2.24) is 10.6 Å². The van der Waals surface area contributed by atoms with E-state index in [0.717, 1.165) is 18.4 Å². The van der Waals surface area contributed by atoms with E-state index in [-0.39, 0.29) is 12.1 Å². The third-order valence-electron chi connectivity index (χ3n) is 3.47. The molecule has 1 aromatic rings. The summed E-state index contributed by atoms with van der Waals surface area (Å²) in [5.41, 5.74) is 0.868. The van der Waals surface area contributed by atoms with Crippen LogP contribution in [0, 0.1) is 0 Å². The van der Waals surface area contributed by atoms with Crippen molar-refractivity contribution >= 4 is 29.2 Å². The molecule has 19 heavy (non-hydrogen) atoms. The van der Waals surface area contributed by atoms with Crippen LogP contribution >= 0.6 is 23.2 Å². The average Bonchev–Trinajstić information content (AvgIpc) is 2.81. The number of nitrogens with one attached hydrogen (secondary N) is 2. The van der Waals surface area contributed by atoms with Crippen molar-refractivity contribution in [3.8, 4) is 0 Å². The van der Waals surface area contributed by atoms with Crippen molar-refractivity contribution in [1.29, 1.82) is 0 Å². The van der Waals surface area contributed by atoms with Crippen molar-refractivity contribution in [3.05, 3.63) is 33.8 Å². The van der Waals surface area contributed by atoms with Crippen molar-refractivity contribution in [2.75, 3.05) is 0 Å². The molecule has 0 aliphatic heterocycles. The van der Waals surface area contributed by atoms with Gasteiger partial charge in [-0.3, -0.25) is 0 Å². The number of rotatable bonds is 3. The van der Waals surface area contributed by atoms with Gasteiger partial charge in [0.05, 0.1) is 6.04 Å². The maximum Gasteiger partial charge on any atom is 0.315 e. The fourth-order valence-electron chi connectivity index (χ4n) is 2.42.